The normalized spacial score (nSPS) is 18.6. The van der Waals surface area contributed by atoms with Crippen LogP contribution in [0.1, 0.15) is 49.3 Å². The third-order valence-corrected chi connectivity index (χ3v) is 9.85. The van der Waals surface area contributed by atoms with E-state index in [1.54, 1.807) is 11.0 Å². The van der Waals surface area contributed by atoms with Gasteiger partial charge in [-0.25, -0.2) is 23.5 Å². The van der Waals surface area contributed by atoms with Gasteiger partial charge in [0.05, 0.1) is 17.3 Å². The van der Waals surface area contributed by atoms with Crippen molar-refractivity contribution < 1.29 is 13.9 Å². The molecule has 0 spiro atoms. The number of hydrogen-bond donors (Lipinski definition) is 1. The van der Waals surface area contributed by atoms with Crippen LogP contribution in [0, 0.1) is 5.82 Å². The summed E-state index contributed by atoms with van der Waals surface area (Å²) in [6, 6.07) is 26.4. The highest BCUT2D eigenvalue weighted by Crippen LogP contribution is 2.28. The predicted octanol–water partition coefficient (Wildman–Crippen LogP) is 5.64. The van der Waals surface area contributed by atoms with E-state index >= 15 is 0 Å². The van der Waals surface area contributed by atoms with Crippen LogP contribution in [0.25, 0.3) is 27.8 Å². The minimum atomic E-state index is -0.635. The molecule has 0 bridgehead atoms. The highest BCUT2D eigenvalue weighted by atomic mass is 19.1. The Morgan fingerprint density at radius 2 is 1.62 bits per heavy atom. The van der Waals surface area contributed by atoms with E-state index in [1.165, 1.54) is 9.13 Å². The molecule has 2 N–H and O–H groups in total. The Bertz CT molecular complexity index is 2090. The molecule has 1 saturated heterocycles. The third kappa shape index (κ3) is 7.24. The zero-order valence-electron chi connectivity index (χ0n) is 27.9. The summed E-state index contributed by atoms with van der Waals surface area (Å²) in [6.07, 6.45) is 4.25. The molecule has 1 saturated carbocycles. The van der Waals surface area contributed by atoms with Crippen LogP contribution in [0.4, 0.5) is 9.18 Å². The molecule has 3 heterocycles. The number of carbonyl (C=O) groups excluding carboxylic acids is 1. The van der Waals surface area contributed by atoms with Gasteiger partial charge in [0.2, 0.25) is 0 Å². The first-order chi connectivity index (χ1) is 24.3. The molecule has 0 atom stereocenters. The van der Waals surface area contributed by atoms with E-state index in [-0.39, 0.29) is 35.8 Å². The van der Waals surface area contributed by atoms with Gasteiger partial charge < -0.3 is 15.4 Å². The number of rotatable bonds is 7. The number of carbonyl (C=O) groups is 1. The zero-order valence-corrected chi connectivity index (χ0v) is 27.9. The number of halogens is 1. The van der Waals surface area contributed by atoms with Crippen molar-refractivity contribution in [1.82, 2.24) is 23.9 Å². The molecule has 1 aliphatic heterocycles. The van der Waals surface area contributed by atoms with Crippen LogP contribution >= 0.6 is 0 Å². The van der Waals surface area contributed by atoms with Crippen LogP contribution in [0.5, 0.6) is 0 Å². The lowest BCUT2D eigenvalue weighted by Gasteiger charge is -2.28. The maximum atomic E-state index is 14.4. The minimum Gasteiger partial charge on any atom is -0.445 e. The van der Waals surface area contributed by atoms with Gasteiger partial charge in [0.15, 0.2) is 5.65 Å². The first-order valence-corrected chi connectivity index (χ1v) is 17.3. The van der Waals surface area contributed by atoms with E-state index in [0.717, 1.165) is 60.6 Å². The fourth-order valence-corrected chi connectivity index (χ4v) is 7.10. The van der Waals surface area contributed by atoms with Gasteiger partial charge in [-0.3, -0.25) is 14.3 Å². The lowest BCUT2D eigenvalue weighted by molar-refractivity contribution is 0.0972. The van der Waals surface area contributed by atoms with E-state index in [0.29, 0.717) is 44.5 Å². The van der Waals surface area contributed by atoms with E-state index in [2.05, 4.69) is 34.1 Å². The lowest BCUT2D eigenvalue weighted by atomic mass is 9.91. The van der Waals surface area contributed by atoms with E-state index in [9.17, 15) is 18.8 Å². The van der Waals surface area contributed by atoms with E-state index in [4.69, 9.17) is 10.5 Å². The summed E-state index contributed by atoms with van der Waals surface area (Å²) in [4.78, 5) is 48.7. The Morgan fingerprint density at radius 1 is 0.840 bits per heavy atom. The molecule has 3 aromatic carbocycles. The summed E-state index contributed by atoms with van der Waals surface area (Å²) < 4.78 is 22.6. The van der Waals surface area contributed by atoms with Crippen molar-refractivity contribution in [3.63, 3.8) is 0 Å². The number of fused-ring (bicyclic) bond motifs is 1. The quantitative estimate of drug-likeness (QED) is 0.237. The standard InChI is InChI=1S/C39H41FN6O4/c40-31-23-35-36(42-24-31)45(38(48)46(37(35)47)33-16-14-32(41)15-17-33)34-9-4-8-30(22-34)29-12-10-27(11-13-29)25-43-18-5-19-44(21-20-43)39(49)50-26-28-6-2-1-3-7-28/h1-4,6-13,22-24,32-33H,5,14-21,25-26,41H2/t32-,33+. The van der Waals surface area contributed by atoms with Gasteiger partial charge in [-0.1, -0.05) is 66.7 Å². The Morgan fingerprint density at radius 3 is 2.40 bits per heavy atom. The molecule has 1 amide bonds. The van der Waals surface area contributed by atoms with Crippen molar-refractivity contribution in [2.75, 3.05) is 26.2 Å². The Kier molecular flexibility index (Phi) is 9.86. The van der Waals surface area contributed by atoms with Gasteiger partial charge in [0.25, 0.3) is 5.56 Å². The molecule has 11 heteroatoms. The average Bonchev–Trinajstić information content (AvgIpc) is 3.38. The van der Waals surface area contributed by atoms with Crippen molar-refractivity contribution in [2.24, 2.45) is 5.73 Å². The van der Waals surface area contributed by atoms with Gasteiger partial charge in [0, 0.05) is 44.8 Å². The van der Waals surface area contributed by atoms with Crippen molar-refractivity contribution in [3.8, 4) is 16.8 Å². The summed E-state index contributed by atoms with van der Waals surface area (Å²) >= 11 is 0. The molecular weight excluding hydrogens is 635 g/mol. The molecule has 50 heavy (non-hydrogen) atoms. The van der Waals surface area contributed by atoms with Crippen LogP contribution in [-0.4, -0.2) is 62.2 Å². The van der Waals surface area contributed by atoms with Gasteiger partial charge in [-0.05, 0) is 72.6 Å². The van der Waals surface area contributed by atoms with Crippen molar-refractivity contribution in [2.45, 2.75) is 57.3 Å². The smallest absolute Gasteiger partial charge is 0.410 e. The number of hydrogen-bond acceptors (Lipinski definition) is 7. The SMILES string of the molecule is N[C@H]1CC[C@@H](n2c(=O)c3cc(F)cnc3n(-c3cccc(-c4ccc(CN5CCCN(C(=O)OCc6ccccc6)CC5)cc4)c3)c2=O)CC1. The molecule has 258 valence electrons. The van der Waals surface area contributed by atoms with E-state index < -0.39 is 17.1 Å². The summed E-state index contributed by atoms with van der Waals surface area (Å²) in [5, 5.41) is 0.0648. The second kappa shape index (κ2) is 14.8. The molecule has 7 rings (SSSR count). The maximum Gasteiger partial charge on any atom is 0.410 e. The average molecular weight is 677 g/mol. The van der Waals surface area contributed by atoms with E-state index in [1.807, 2.05) is 48.5 Å². The number of nitrogens with zero attached hydrogens (tertiary/aromatic N) is 5. The fourth-order valence-electron chi connectivity index (χ4n) is 7.10. The molecule has 5 aromatic rings. The van der Waals surface area contributed by atoms with Crippen molar-refractivity contribution in [1.29, 1.82) is 0 Å². The first kappa shape index (κ1) is 33.4. The fraction of sp³-hybridized carbons (Fsp3) is 0.333. The summed E-state index contributed by atoms with van der Waals surface area (Å²) in [5.41, 5.74) is 9.72. The predicted molar refractivity (Wildman–Crippen MR) is 191 cm³/mol. The van der Waals surface area contributed by atoms with Crippen molar-refractivity contribution in [3.05, 3.63) is 129 Å². The Balaban J connectivity index is 1.07. The maximum absolute atomic E-state index is 14.4. The number of ether oxygens (including phenoxy) is 1. The highest BCUT2D eigenvalue weighted by molar-refractivity contribution is 5.76. The van der Waals surface area contributed by atoms with Crippen LogP contribution in [-0.2, 0) is 17.9 Å². The number of nitrogens with two attached hydrogens (primary N) is 1. The molecule has 1 aliphatic carbocycles. The first-order valence-electron chi connectivity index (χ1n) is 17.3. The number of benzene rings is 3. The minimum absolute atomic E-state index is 0.0441. The Labute approximate surface area is 289 Å². The van der Waals surface area contributed by atoms with Gasteiger partial charge in [-0.2, -0.15) is 0 Å². The largest absolute Gasteiger partial charge is 0.445 e. The topological polar surface area (TPSA) is 116 Å². The van der Waals surface area contributed by atoms with Gasteiger partial charge in [-0.15, -0.1) is 0 Å². The molecule has 0 unspecified atom stereocenters. The van der Waals surface area contributed by atoms with Gasteiger partial charge >= 0.3 is 11.8 Å². The number of amides is 1. The number of aromatic nitrogens is 3. The zero-order chi connectivity index (χ0) is 34.6. The van der Waals surface area contributed by atoms with Crippen molar-refractivity contribution >= 4 is 17.1 Å². The molecular formula is C39H41FN6O4. The molecule has 0 radical (unpaired) electrons. The van der Waals surface area contributed by atoms with Crippen LogP contribution in [0.3, 0.4) is 0 Å². The summed E-state index contributed by atoms with van der Waals surface area (Å²) in [6.45, 7) is 3.92. The highest BCUT2D eigenvalue weighted by Gasteiger charge is 2.26. The summed E-state index contributed by atoms with van der Waals surface area (Å²) in [7, 11) is 0. The second-order valence-corrected chi connectivity index (χ2v) is 13.3. The molecule has 2 aliphatic rings. The molecule has 2 fully saturated rings. The summed E-state index contributed by atoms with van der Waals surface area (Å²) in [5.74, 6) is -0.635. The monoisotopic (exact) mass is 676 g/mol. The second-order valence-electron chi connectivity index (χ2n) is 13.3. The van der Waals surface area contributed by atoms with Crippen LogP contribution in [0.15, 0.2) is 101 Å². The van der Waals surface area contributed by atoms with Gasteiger partial charge in [0.1, 0.15) is 12.4 Å². The lowest BCUT2D eigenvalue weighted by Crippen LogP contribution is -2.44. The third-order valence-electron chi connectivity index (χ3n) is 9.85. The Hall–Kier alpha value is -5.13. The molecule has 10 nitrogen and oxygen atoms in total. The number of pyridine rings is 1. The molecule has 2 aromatic heterocycles. The van der Waals surface area contributed by atoms with Crippen LogP contribution < -0.4 is 17.0 Å². The van der Waals surface area contributed by atoms with Crippen LogP contribution in [0.2, 0.25) is 0 Å².